The van der Waals surface area contributed by atoms with E-state index in [1.165, 1.54) is 0 Å². The molecule has 2 heterocycles. The smallest absolute Gasteiger partial charge is 0.225 e. The van der Waals surface area contributed by atoms with Crippen LogP contribution < -0.4 is 0 Å². The Labute approximate surface area is 155 Å². The van der Waals surface area contributed by atoms with Gasteiger partial charge in [0.15, 0.2) is 0 Å². The monoisotopic (exact) mass is 356 g/mol. The number of hydrogen-bond donors (Lipinski definition) is 1. The van der Waals surface area contributed by atoms with Crippen LogP contribution in [0.2, 0.25) is 0 Å². The van der Waals surface area contributed by atoms with Crippen molar-refractivity contribution in [2.75, 3.05) is 26.2 Å². The summed E-state index contributed by atoms with van der Waals surface area (Å²) >= 11 is 0. The summed E-state index contributed by atoms with van der Waals surface area (Å²) in [4.78, 5) is 21.3. The Morgan fingerprint density at radius 2 is 2.00 bits per heavy atom. The van der Waals surface area contributed by atoms with Crippen LogP contribution in [0, 0.1) is 0 Å². The van der Waals surface area contributed by atoms with Crippen LogP contribution in [0.3, 0.4) is 0 Å². The van der Waals surface area contributed by atoms with E-state index < -0.39 is 6.10 Å². The van der Waals surface area contributed by atoms with E-state index in [2.05, 4.69) is 21.4 Å². The van der Waals surface area contributed by atoms with Crippen LogP contribution in [-0.4, -0.2) is 56.5 Å². The van der Waals surface area contributed by atoms with Gasteiger partial charge in [-0.15, -0.1) is 0 Å². The minimum absolute atomic E-state index is 0.0262. The van der Waals surface area contributed by atoms with E-state index in [0.29, 0.717) is 6.54 Å². The Morgan fingerprint density at radius 1 is 1.19 bits per heavy atom. The molecule has 0 spiro atoms. The maximum absolute atomic E-state index is 12.6. The SMILES string of the molecule is CCn1ccnc1CN1CCCN(C(=O)CC(O)c2ccccc2)CC1. The molecule has 1 unspecified atom stereocenters. The van der Waals surface area contributed by atoms with Crippen molar-refractivity contribution in [1.82, 2.24) is 19.4 Å². The van der Waals surface area contributed by atoms with Crippen molar-refractivity contribution < 1.29 is 9.90 Å². The van der Waals surface area contributed by atoms with Crippen LogP contribution in [0.1, 0.15) is 37.3 Å². The van der Waals surface area contributed by atoms with Crippen molar-refractivity contribution in [3.8, 4) is 0 Å². The van der Waals surface area contributed by atoms with Crippen LogP contribution in [0.4, 0.5) is 0 Å². The third-order valence-corrected chi connectivity index (χ3v) is 5.00. The molecular formula is C20H28N4O2. The van der Waals surface area contributed by atoms with E-state index in [4.69, 9.17) is 0 Å². The van der Waals surface area contributed by atoms with Crippen molar-refractivity contribution in [2.45, 2.75) is 39.0 Å². The molecule has 6 heteroatoms. The van der Waals surface area contributed by atoms with Crippen LogP contribution in [0.15, 0.2) is 42.7 Å². The van der Waals surface area contributed by atoms with Gasteiger partial charge in [0.1, 0.15) is 5.82 Å². The van der Waals surface area contributed by atoms with Crippen molar-refractivity contribution >= 4 is 5.91 Å². The van der Waals surface area contributed by atoms with Gasteiger partial charge in [0.2, 0.25) is 5.91 Å². The number of aliphatic hydroxyl groups is 1. The first-order valence-electron chi connectivity index (χ1n) is 9.40. The lowest BCUT2D eigenvalue weighted by atomic mass is 10.1. The molecule has 1 N–H and O–H groups in total. The molecule has 1 saturated heterocycles. The number of carbonyl (C=O) groups is 1. The number of aryl methyl sites for hydroxylation is 1. The minimum Gasteiger partial charge on any atom is -0.388 e. The molecule has 1 aliphatic heterocycles. The van der Waals surface area contributed by atoms with Gasteiger partial charge >= 0.3 is 0 Å². The van der Waals surface area contributed by atoms with Gasteiger partial charge in [-0.05, 0) is 18.9 Å². The molecule has 3 rings (SSSR count). The highest BCUT2D eigenvalue weighted by Gasteiger charge is 2.22. The maximum Gasteiger partial charge on any atom is 0.225 e. The second kappa shape index (κ2) is 8.96. The molecule has 2 aromatic rings. The molecule has 1 aliphatic rings. The van der Waals surface area contributed by atoms with E-state index in [1.807, 2.05) is 47.6 Å². The largest absolute Gasteiger partial charge is 0.388 e. The average molecular weight is 356 g/mol. The lowest BCUT2D eigenvalue weighted by molar-refractivity contribution is -0.133. The Morgan fingerprint density at radius 3 is 2.77 bits per heavy atom. The fourth-order valence-corrected chi connectivity index (χ4v) is 3.45. The summed E-state index contributed by atoms with van der Waals surface area (Å²) in [6.45, 7) is 7.10. The molecule has 1 amide bonds. The topological polar surface area (TPSA) is 61.6 Å². The van der Waals surface area contributed by atoms with Gasteiger partial charge in [0, 0.05) is 45.1 Å². The number of hydrogen-bond acceptors (Lipinski definition) is 4. The number of imidazole rings is 1. The molecule has 1 aromatic carbocycles. The summed E-state index contributed by atoms with van der Waals surface area (Å²) in [6, 6.07) is 9.39. The molecule has 1 atom stereocenters. The standard InChI is InChI=1S/C20H28N4O2/c1-2-23-12-9-21-19(23)16-22-10-6-11-24(14-13-22)20(26)15-18(25)17-7-4-3-5-8-17/h3-5,7-9,12,18,25H,2,6,10-11,13-16H2,1H3. The maximum atomic E-state index is 12.6. The quantitative estimate of drug-likeness (QED) is 0.861. The number of amides is 1. The number of rotatable bonds is 6. The molecule has 6 nitrogen and oxygen atoms in total. The third kappa shape index (κ3) is 4.71. The predicted molar refractivity (Wildman–Crippen MR) is 100 cm³/mol. The summed E-state index contributed by atoms with van der Waals surface area (Å²) in [5.74, 6) is 1.10. The van der Waals surface area contributed by atoms with Gasteiger partial charge in [-0.1, -0.05) is 30.3 Å². The van der Waals surface area contributed by atoms with Gasteiger partial charge in [0.05, 0.1) is 19.1 Å². The van der Waals surface area contributed by atoms with E-state index >= 15 is 0 Å². The normalized spacial score (nSPS) is 17.1. The summed E-state index contributed by atoms with van der Waals surface area (Å²) in [5, 5.41) is 10.3. The first-order valence-corrected chi connectivity index (χ1v) is 9.40. The zero-order valence-corrected chi connectivity index (χ0v) is 15.4. The summed E-state index contributed by atoms with van der Waals surface area (Å²) in [5.41, 5.74) is 0.795. The molecule has 0 saturated carbocycles. The zero-order valence-electron chi connectivity index (χ0n) is 15.4. The first kappa shape index (κ1) is 18.6. The molecular weight excluding hydrogens is 328 g/mol. The van der Waals surface area contributed by atoms with Crippen molar-refractivity contribution in [3.05, 3.63) is 54.1 Å². The van der Waals surface area contributed by atoms with E-state index in [1.54, 1.807) is 0 Å². The fourth-order valence-electron chi connectivity index (χ4n) is 3.45. The highest BCUT2D eigenvalue weighted by Crippen LogP contribution is 2.18. The van der Waals surface area contributed by atoms with Crippen LogP contribution in [0.25, 0.3) is 0 Å². The molecule has 0 radical (unpaired) electrons. The van der Waals surface area contributed by atoms with Gasteiger partial charge in [-0.2, -0.15) is 0 Å². The van der Waals surface area contributed by atoms with Crippen molar-refractivity contribution in [1.29, 1.82) is 0 Å². The zero-order chi connectivity index (χ0) is 18.4. The Hall–Kier alpha value is -2.18. The summed E-state index contributed by atoms with van der Waals surface area (Å²) in [7, 11) is 0. The minimum atomic E-state index is -0.736. The average Bonchev–Trinajstić information content (AvgIpc) is 2.98. The van der Waals surface area contributed by atoms with E-state index in [9.17, 15) is 9.90 Å². The van der Waals surface area contributed by atoms with Crippen LogP contribution >= 0.6 is 0 Å². The van der Waals surface area contributed by atoms with Crippen molar-refractivity contribution in [2.24, 2.45) is 0 Å². The molecule has 26 heavy (non-hydrogen) atoms. The summed E-state index contributed by atoms with van der Waals surface area (Å²) in [6.07, 6.45) is 4.20. The van der Waals surface area contributed by atoms with Gasteiger partial charge in [-0.25, -0.2) is 4.98 Å². The number of aromatic nitrogens is 2. The summed E-state index contributed by atoms with van der Waals surface area (Å²) < 4.78 is 2.16. The van der Waals surface area contributed by atoms with Gasteiger partial charge in [0.25, 0.3) is 0 Å². The lowest BCUT2D eigenvalue weighted by Crippen LogP contribution is -2.36. The van der Waals surface area contributed by atoms with Crippen molar-refractivity contribution in [3.63, 3.8) is 0 Å². The molecule has 1 fully saturated rings. The number of carbonyl (C=O) groups excluding carboxylic acids is 1. The first-order chi connectivity index (χ1) is 12.7. The predicted octanol–water partition coefficient (Wildman–Crippen LogP) is 2.06. The molecule has 1 aromatic heterocycles. The van der Waals surface area contributed by atoms with Gasteiger partial charge < -0.3 is 14.6 Å². The number of benzene rings is 1. The van der Waals surface area contributed by atoms with E-state index in [0.717, 1.165) is 50.5 Å². The van der Waals surface area contributed by atoms with Gasteiger partial charge in [-0.3, -0.25) is 9.69 Å². The molecule has 0 bridgehead atoms. The highest BCUT2D eigenvalue weighted by atomic mass is 16.3. The van der Waals surface area contributed by atoms with Crippen LogP contribution in [0.5, 0.6) is 0 Å². The molecule has 140 valence electrons. The third-order valence-electron chi connectivity index (χ3n) is 5.00. The highest BCUT2D eigenvalue weighted by molar-refractivity contribution is 5.77. The number of aliphatic hydroxyl groups excluding tert-OH is 1. The Bertz CT molecular complexity index is 701. The van der Waals surface area contributed by atoms with Crippen LogP contribution in [-0.2, 0) is 17.9 Å². The van der Waals surface area contributed by atoms with E-state index in [-0.39, 0.29) is 12.3 Å². The lowest BCUT2D eigenvalue weighted by Gasteiger charge is -2.23. The Kier molecular flexibility index (Phi) is 6.41. The molecule has 0 aliphatic carbocycles. The fraction of sp³-hybridized carbons (Fsp3) is 0.500. The number of nitrogens with zero attached hydrogens (tertiary/aromatic N) is 4. The Balaban J connectivity index is 1.52. The second-order valence-electron chi connectivity index (χ2n) is 6.77. The second-order valence-corrected chi connectivity index (χ2v) is 6.77.